The minimum Gasteiger partial charge on any atom is -0.383 e. The zero-order valence-electron chi connectivity index (χ0n) is 19.7. The van der Waals surface area contributed by atoms with E-state index in [-0.39, 0.29) is 17.7 Å². The molecule has 1 saturated heterocycles. The molecule has 1 aliphatic rings. The lowest BCUT2D eigenvalue weighted by Crippen LogP contribution is -2.25. The quantitative estimate of drug-likeness (QED) is 0.198. The summed E-state index contributed by atoms with van der Waals surface area (Å²) < 4.78 is 62.4. The Hall–Kier alpha value is -2.89. The molecule has 1 atom stereocenters. The summed E-state index contributed by atoms with van der Waals surface area (Å²) in [5.74, 6) is -0.354. The Morgan fingerprint density at radius 3 is 2.53 bits per heavy atom. The molecule has 11 heteroatoms. The minimum absolute atomic E-state index is 0.0813. The van der Waals surface area contributed by atoms with Crippen molar-refractivity contribution in [3.8, 4) is 0 Å². The number of rotatable bonds is 10. The lowest BCUT2D eigenvalue weighted by molar-refractivity contribution is -0.137. The Labute approximate surface area is 211 Å². The number of alkyl halides is 3. The molecule has 4 rings (SSSR count). The molecule has 1 aromatic heterocycles. The molecule has 2 heterocycles. The fraction of sp³-hybridized carbons (Fsp3) is 0.360. The van der Waals surface area contributed by atoms with Gasteiger partial charge in [0.05, 0.1) is 18.2 Å². The molecular formula is C25H27F4N5OS. The fourth-order valence-electron chi connectivity index (χ4n) is 4.08. The van der Waals surface area contributed by atoms with Gasteiger partial charge in [0.15, 0.2) is 11.6 Å². The summed E-state index contributed by atoms with van der Waals surface area (Å²) in [5.41, 5.74) is 0.951. The van der Waals surface area contributed by atoms with Crippen molar-refractivity contribution < 1.29 is 22.3 Å². The SMILES string of the molecule is COCCNSc1ccc(CNc2ncnc(N3CCCC3c3ccc(C(F)(F)F)cc3)c2F)cc1. The van der Waals surface area contributed by atoms with Gasteiger partial charge in [0.1, 0.15) is 6.33 Å². The maximum absolute atomic E-state index is 15.4. The molecule has 0 amide bonds. The van der Waals surface area contributed by atoms with Gasteiger partial charge in [0.25, 0.3) is 0 Å². The van der Waals surface area contributed by atoms with Crippen LogP contribution >= 0.6 is 11.9 Å². The van der Waals surface area contributed by atoms with Crippen molar-refractivity contribution >= 4 is 23.6 Å². The monoisotopic (exact) mass is 521 g/mol. The van der Waals surface area contributed by atoms with E-state index in [0.29, 0.717) is 31.7 Å². The van der Waals surface area contributed by atoms with E-state index in [1.165, 1.54) is 30.4 Å². The topological polar surface area (TPSA) is 62.3 Å². The van der Waals surface area contributed by atoms with Gasteiger partial charge in [-0.25, -0.2) is 9.97 Å². The summed E-state index contributed by atoms with van der Waals surface area (Å²) in [6, 6.07) is 12.6. The average molecular weight is 522 g/mol. The molecule has 2 N–H and O–H groups in total. The van der Waals surface area contributed by atoms with Crippen LogP contribution in [0.4, 0.5) is 29.2 Å². The summed E-state index contributed by atoms with van der Waals surface area (Å²) in [5, 5.41) is 3.03. The van der Waals surface area contributed by atoms with E-state index < -0.39 is 17.6 Å². The Morgan fingerprint density at radius 2 is 1.83 bits per heavy atom. The van der Waals surface area contributed by atoms with Gasteiger partial charge < -0.3 is 15.0 Å². The van der Waals surface area contributed by atoms with Gasteiger partial charge >= 0.3 is 6.18 Å². The normalized spacial score (nSPS) is 15.9. The molecule has 0 bridgehead atoms. The second-order valence-electron chi connectivity index (χ2n) is 8.32. The van der Waals surface area contributed by atoms with Gasteiger partial charge in [0.2, 0.25) is 5.82 Å². The first-order chi connectivity index (χ1) is 17.4. The minimum atomic E-state index is -4.40. The van der Waals surface area contributed by atoms with Crippen LogP contribution in [0.15, 0.2) is 59.8 Å². The number of nitrogens with one attached hydrogen (secondary N) is 2. The van der Waals surface area contributed by atoms with Crippen LogP contribution in [0, 0.1) is 5.82 Å². The van der Waals surface area contributed by atoms with E-state index in [2.05, 4.69) is 20.0 Å². The Morgan fingerprint density at radius 1 is 1.08 bits per heavy atom. The zero-order chi connectivity index (χ0) is 25.5. The molecule has 0 saturated carbocycles. The van der Waals surface area contributed by atoms with E-state index >= 15 is 4.39 Å². The lowest BCUT2D eigenvalue weighted by atomic mass is 10.0. The standard InChI is InChI=1S/C25H27F4N5OS/c1-35-14-12-33-36-20-10-4-17(5-11-20)15-30-23-22(26)24(32-16-31-23)34-13-2-3-21(34)18-6-8-19(9-7-18)25(27,28)29/h4-11,16,21,33H,2-3,12-15H2,1H3,(H,30,31,32). The summed E-state index contributed by atoms with van der Waals surface area (Å²) in [7, 11) is 1.65. The summed E-state index contributed by atoms with van der Waals surface area (Å²) in [6.07, 6.45) is -1.62. The summed E-state index contributed by atoms with van der Waals surface area (Å²) >= 11 is 1.51. The van der Waals surface area contributed by atoms with E-state index in [1.54, 1.807) is 12.0 Å². The van der Waals surface area contributed by atoms with Crippen molar-refractivity contribution in [3.05, 3.63) is 77.4 Å². The van der Waals surface area contributed by atoms with Crippen LogP contribution in [0.5, 0.6) is 0 Å². The van der Waals surface area contributed by atoms with Crippen molar-refractivity contribution in [1.82, 2.24) is 14.7 Å². The fourth-order valence-corrected chi connectivity index (χ4v) is 4.71. The van der Waals surface area contributed by atoms with Crippen molar-refractivity contribution in [1.29, 1.82) is 0 Å². The van der Waals surface area contributed by atoms with Gasteiger partial charge in [-0.15, -0.1) is 0 Å². The third-order valence-electron chi connectivity index (χ3n) is 5.90. The molecule has 0 radical (unpaired) electrons. The van der Waals surface area contributed by atoms with Crippen molar-refractivity contribution in [2.24, 2.45) is 0 Å². The van der Waals surface area contributed by atoms with Crippen molar-refractivity contribution in [2.75, 3.05) is 37.0 Å². The first kappa shape index (κ1) is 26.2. The van der Waals surface area contributed by atoms with Crippen LogP contribution in [-0.2, 0) is 17.5 Å². The molecular weight excluding hydrogens is 494 g/mol. The number of methoxy groups -OCH3 is 1. The highest BCUT2D eigenvalue weighted by atomic mass is 32.2. The maximum Gasteiger partial charge on any atom is 0.416 e. The van der Waals surface area contributed by atoms with E-state index in [1.807, 2.05) is 24.3 Å². The van der Waals surface area contributed by atoms with Gasteiger partial charge in [-0.2, -0.15) is 17.6 Å². The highest BCUT2D eigenvalue weighted by molar-refractivity contribution is 7.97. The van der Waals surface area contributed by atoms with Crippen LogP contribution in [0.2, 0.25) is 0 Å². The molecule has 0 aliphatic carbocycles. The molecule has 6 nitrogen and oxygen atoms in total. The molecule has 192 valence electrons. The molecule has 3 aromatic rings. The second kappa shape index (κ2) is 11.9. The molecule has 1 fully saturated rings. The third kappa shape index (κ3) is 6.45. The molecule has 1 unspecified atom stereocenters. The van der Waals surface area contributed by atoms with Gasteiger partial charge in [-0.1, -0.05) is 24.3 Å². The number of anilines is 2. The van der Waals surface area contributed by atoms with Gasteiger partial charge in [-0.3, -0.25) is 4.72 Å². The largest absolute Gasteiger partial charge is 0.416 e. The van der Waals surface area contributed by atoms with E-state index in [4.69, 9.17) is 4.74 Å². The van der Waals surface area contributed by atoms with Gasteiger partial charge in [0, 0.05) is 31.6 Å². The molecule has 1 aliphatic heterocycles. The number of nitrogens with zero attached hydrogens (tertiary/aromatic N) is 3. The van der Waals surface area contributed by atoms with Gasteiger partial charge in [-0.05, 0) is 60.2 Å². The molecule has 0 spiro atoms. The number of aromatic nitrogens is 2. The average Bonchev–Trinajstić information content (AvgIpc) is 3.36. The van der Waals surface area contributed by atoms with Crippen LogP contribution in [0.1, 0.15) is 35.6 Å². The van der Waals surface area contributed by atoms with Crippen molar-refractivity contribution in [3.63, 3.8) is 0 Å². The van der Waals surface area contributed by atoms with Crippen molar-refractivity contribution in [2.45, 2.75) is 36.5 Å². The van der Waals surface area contributed by atoms with E-state index in [0.717, 1.165) is 35.6 Å². The lowest BCUT2D eigenvalue weighted by Gasteiger charge is -2.27. The number of halogens is 4. The summed E-state index contributed by atoms with van der Waals surface area (Å²) in [6.45, 7) is 2.29. The number of ether oxygens (including phenoxy) is 1. The Balaban J connectivity index is 1.42. The zero-order valence-corrected chi connectivity index (χ0v) is 20.5. The first-order valence-corrected chi connectivity index (χ1v) is 12.3. The molecule has 2 aromatic carbocycles. The maximum atomic E-state index is 15.4. The number of hydrogen-bond acceptors (Lipinski definition) is 7. The van der Waals surface area contributed by atoms with E-state index in [9.17, 15) is 13.2 Å². The Bertz CT molecular complexity index is 1130. The highest BCUT2D eigenvalue weighted by Crippen LogP contribution is 2.38. The van der Waals surface area contributed by atoms with Crippen LogP contribution in [-0.4, -0.2) is 36.8 Å². The Kier molecular flexibility index (Phi) is 8.65. The van der Waals surface area contributed by atoms with Crippen LogP contribution in [0.25, 0.3) is 0 Å². The highest BCUT2D eigenvalue weighted by Gasteiger charge is 2.33. The molecule has 36 heavy (non-hydrogen) atoms. The first-order valence-electron chi connectivity index (χ1n) is 11.5. The van der Waals surface area contributed by atoms with Crippen LogP contribution in [0.3, 0.4) is 0 Å². The predicted molar refractivity (Wildman–Crippen MR) is 132 cm³/mol. The number of hydrogen-bond donors (Lipinski definition) is 2. The summed E-state index contributed by atoms with van der Waals surface area (Å²) in [4.78, 5) is 11.1. The predicted octanol–water partition coefficient (Wildman–Crippen LogP) is 5.83. The third-order valence-corrected chi connectivity index (χ3v) is 6.76. The second-order valence-corrected chi connectivity index (χ2v) is 9.28. The smallest absolute Gasteiger partial charge is 0.383 e. The number of benzene rings is 2. The van der Waals surface area contributed by atoms with Crippen LogP contribution < -0.4 is 14.9 Å².